The average molecular weight is 211 g/mol. The van der Waals surface area contributed by atoms with Gasteiger partial charge in [0.1, 0.15) is 5.78 Å². The summed E-state index contributed by atoms with van der Waals surface area (Å²) in [5.74, 6) is 1.00. The van der Waals surface area contributed by atoms with Crippen molar-refractivity contribution in [3.8, 4) is 0 Å². The maximum atomic E-state index is 11.2. The molecule has 1 saturated heterocycles. The molecule has 1 aliphatic heterocycles. The number of carbonyl (C=O) groups is 1. The van der Waals surface area contributed by atoms with Crippen molar-refractivity contribution in [2.45, 2.75) is 57.1 Å². The first kappa shape index (κ1) is 11.1. The summed E-state index contributed by atoms with van der Waals surface area (Å²) >= 11 is 0. The van der Waals surface area contributed by atoms with E-state index in [2.05, 4.69) is 12.2 Å². The van der Waals surface area contributed by atoms with Gasteiger partial charge in [0.15, 0.2) is 0 Å². The Bertz CT molecular complexity index is 242. The zero-order valence-corrected chi connectivity index (χ0v) is 9.46. The molecule has 0 bridgehead atoms. The first-order chi connectivity index (χ1) is 7.10. The second-order valence-corrected chi connectivity index (χ2v) is 5.28. The lowest BCUT2D eigenvalue weighted by molar-refractivity contribution is -0.127. The van der Waals surface area contributed by atoms with Crippen molar-refractivity contribution in [1.29, 1.82) is 0 Å². The lowest BCUT2D eigenvalue weighted by Crippen LogP contribution is -2.55. The number of carbonyl (C=O) groups excluding carboxylic acids is 1. The Kier molecular flexibility index (Phi) is 3.12. The van der Waals surface area contributed by atoms with Crippen LogP contribution >= 0.6 is 0 Å². The molecule has 1 aliphatic carbocycles. The Hall–Kier alpha value is -0.410. The summed E-state index contributed by atoms with van der Waals surface area (Å²) in [6.45, 7) is 3.24. The number of Topliss-reactive ketones (excluding diaryl/α,β-unsaturated/α-hetero) is 1. The van der Waals surface area contributed by atoms with E-state index in [1.54, 1.807) is 0 Å². The molecule has 1 saturated carbocycles. The molecule has 0 spiro atoms. The molecule has 2 N–H and O–H groups in total. The first-order valence-electron chi connectivity index (χ1n) is 6.07. The zero-order valence-electron chi connectivity index (χ0n) is 9.46. The highest BCUT2D eigenvalue weighted by atomic mass is 16.3. The van der Waals surface area contributed by atoms with Crippen molar-refractivity contribution in [2.24, 2.45) is 5.92 Å². The second-order valence-electron chi connectivity index (χ2n) is 5.28. The van der Waals surface area contributed by atoms with Crippen molar-refractivity contribution in [1.82, 2.24) is 5.32 Å². The van der Waals surface area contributed by atoms with Gasteiger partial charge >= 0.3 is 0 Å². The Morgan fingerprint density at radius 1 is 1.40 bits per heavy atom. The zero-order chi connectivity index (χ0) is 10.9. The number of nitrogens with one attached hydrogen (secondary N) is 1. The smallest absolute Gasteiger partial charge is 0.133 e. The van der Waals surface area contributed by atoms with Gasteiger partial charge in [0.05, 0.1) is 5.60 Å². The number of piperidine rings is 1. The number of aliphatic hydroxyl groups is 1. The van der Waals surface area contributed by atoms with Crippen LogP contribution in [0.1, 0.15) is 45.4 Å². The molecule has 3 nitrogen and oxygen atoms in total. The summed E-state index contributed by atoms with van der Waals surface area (Å²) in [5, 5.41) is 13.9. The topological polar surface area (TPSA) is 49.3 Å². The molecule has 2 aliphatic rings. The predicted molar refractivity (Wildman–Crippen MR) is 58.6 cm³/mol. The third-order valence-corrected chi connectivity index (χ3v) is 3.99. The molecular weight excluding hydrogens is 190 g/mol. The van der Waals surface area contributed by atoms with E-state index in [0.29, 0.717) is 37.4 Å². The molecule has 0 amide bonds. The number of rotatable bonds is 1. The van der Waals surface area contributed by atoms with Crippen molar-refractivity contribution in [3.63, 3.8) is 0 Å². The van der Waals surface area contributed by atoms with Gasteiger partial charge in [0.25, 0.3) is 0 Å². The van der Waals surface area contributed by atoms with Crippen LogP contribution in [0, 0.1) is 5.92 Å². The summed E-state index contributed by atoms with van der Waals surface area (Å²) in [4.78, 5) is 11.2. The minimum absolute atomic E-state index is 0.203. The minimum Gasteiger partial charge on any atom is -0.388 e. The normalized spacial score (nSPS) is 36.5. The van der Waals surface area contributed by atoms with E-state index in [-0.39, 0.29) is 6.04 Å². The van der Waals surface area contributed by atoms with Crippen LogP contribution in [-0.2, 0) is 4.79 Å². The molecule has 2 atom stereocenters. The van der Waals surface area contributed by atoms with Gasteiger partial charge in [-0.25, -0.2) is 0 Å². The lowest BCUT2D eigenvalue weighted by Gasteiger charge is -2.42. The maximum absolute atomic E-state index is 11.2. The van der Waals surface area contributed by atoms with Crippen molar-refractivity contribution >= 4 is 5.78 Å². The van der Waals surface area contributed by atoms with Gasteiger partial charge in [-0.2, -0.15) is 0 Å². The third-order valence-electron chi connectivity index (χ3n) is 3.99. The lowest BCUT2D eigenvalue weighted by atomic mass is 9.74. The fourth-order valence-corrected chi connectivity index (χ4v) is 2.83. The van der Waals surface area contributed by atoms with Crippen LogP contribution < -0.4 is 5.32 Å². The van der Waals surface area contributed by atoms with E-state index >= 15 is 0 Å². The number of hydrogen-bond donors (Lipinski definition) is 2. The van der Waals surface area contributed by atoms with Gasteiger partial charge in [0.2, 0.25) is 0 Å². The van der Waals surface area contributed by atoms with Crippen LogP contribution in [0.2, 0.25) is 0 Å². The highest BCUT2D eigenvalue weighted by Crippen LogP contribution is 2.33. The molecule has 2 fully saturated rings. The summed E-state index contributed by atoms with van der Waals surface area (Å²) in [6, 6.07) is 0.203. The molecule has 0 aromatic carbocycles. The van der Waals surface area contributed by atoms with Gasteiger partial charge in [-0.05, 0) is 38.1 Å². The monoisotopic (exact) mass is 211 g/mol. The molecule has 0 aromatic heterocycles. The van der Waals surface area contributed by atoms with Gasteiger partial charge in [0, 0.05) is 18.9 Å². The Labute approximate surface area is 91.2 Å². The molecule has 2 rings (SSSR count). The van der Waals surface area contributed by atoms with E-state index < -0.39 is 5.60 Å². The van der Waals surface area contributed by atoms with Crippen molar-refractivity contribution in [2.75, 3.05) is 6.54 Å². The summed E-state index contributed by atoms with van der Waals surface area (Å²) in [6.07, 6.45) is 4.66. The number of hydrogen-bond acceptors (Lipinski definition) is 3. The SMILES string of the molecule is CC1CCNC(C2(O)CCC(=O)CC2)C1. The van der Waals surface area contributed by atoms with Gasteiger partial charge in [-0.15, -0.1) is 0 Å². The van der Waals surface area contributed by atoms with E-state index in [4.69, 9.17) is 0 Å². The summed E-state index contributed by atoms with van der Waals surface area (Å²) < 4.78 is 0. The van der Waals surface area contributed by atoms with Crippen LogP contribution in [0.5, 0.6) is 0 Å². The highest BCUT2D eigenvalue weighted by molar-refractivity contribution is 5.79. The van der Waals surface area contributed by atoms with Crippen LogP contribution in [0.3, 0.4) is 0 Å². The molecule has 86 valence electrons. The summed E-state index contributed by atoms with van der Waals surface area (Å²) in [7, 11) is 0. The van der Waals surface area contributed by atoms with Gasteiger partial charge in [-0.1, -0.05) is 6.92 Å². The largest absolute Gasteiger partial charge is 0.388 e. The molecule has 1 heterocycles. The molecule has 15 heavy (non-hydrogen) atoms. The molecule has 0 aromatic rings. The first-order valence-corrected chi connectivity index (χ1v) is 6.07. The van der Waals surface area contributed by atoms with E-state index in [0.717, 1.165) is 13.0 Å². The Morgan fingerprint density at radius 2 is 2.07 bits per heavy atom. The van der Waals surface area contributed by atoms with Gasteiger partial charge < -0.3 is 10.4 Å². The maximum Gasteiger partial charge on any atom is 0.133 e. The molecule has 2 unspecified atom stereocenters. The van der Waals surface area contributed by atoms with Crippen LogP contribution in [0.25, 0.3) is 0 Å². The Balaban J connectivity index is 1.98. The van der Waals surface area contributed by atoms with E-state index in [1.807, 2.05) is 0 Å². The third kappa shape index (κ3) is 2.40. The Morgan fingerprint density at radius 3 is 2.67 bits per heavy atom. The molecule has 0 radical (unpaired) electrons. The average Bonchev–Trinajstić information content (AvgIpc) is 2.23. The van der Waals surface area contributed by atoms with Crippen LogP contribution in [0.4, 0.5) is 0 Å². The standard InChI is InChI=1S/C12H21NO2/c1-9-4-7-13-11(8-9)12(15)5-2-10(14)3-6-12/h9,11,13,15H,2-8H2,1H3. The van der Waals surface area contributed by atoms with E-state index in [1.165, 1.54) is 6.42 Å². The number of ketones is 1. The molecule has 3 heteroatoms. The van der Waals surface area contributed by atoms with Crippen LogP contribution in [0.15, 0.2) is 0 Å². The summed E-state index contributed by atoms with van der Waals surface area (Å²) in [5.41, 5.74) is -0.622. The van der Waals surface area contributed by atoms with Crippen molar-refractivity contribution < 1.29 is 9.90 Å². The highest BCUT2D eigenvalue weighted by Gasteiger charge is 2.41. The minimum atomic E-state index is -0.622. The molecular formula is C12H21NO2. The second kappa shape index (κ2) is 4.22. The quantitative estimate of drug-likeness (QED) is 0.686. The van der Waals surface area contributed by atoms with E-state index in [9.17, 15) is 9.90 Å². The van der Waals surface area contributed by atoms with Gasteiger partial charge in [-0.3, -0.25) is 4.79 Å². The van der Waals surface area contributed by atoms with Crippen molar-refractivity contribution in [3.05, 3.63) is 0 Å². The predicted octanol–water partition coefficient (Wildman–Crippen LogP) is 1.25. The fourth-order valence-electron chi connectivity index (χ4n) is 2.83. The fraction of sp³-hybridized carbons (Fsp3) is 0.917. The van der Waals surface area contributed by atoms with Crippen LogP contribution in [-0.4, -0.2) is 29.1 Å².